The third kappa shape index (κ3) is 5.36. The van der Waals surface area contributed by atoms with E-state index < -0.39 is 0 Å². The van der Waals surface area contributed by atoms with Gasteiger partial charge < -0.3 is 24.6 Å². The lowest BCUT2D eigenvalue weighted by Gasteiger charge is -2.34. The second kappa shape index (κ2) is 12.6. The van der Waals surface area contributed by atoms with Crippen molar-refractivity contribution in [3.05, 3.63) is 124 Å². The molecule has 0 unspecified atom stereocenters. The van der Waals surface area contributed by atoms with E-state index in [1.165, 1.54) is 5.56 Å². The molecule has 0 fully saturated rings. The van der Waals surface area contributed by atoms with E-state index in [2.05, 4.69) is 35.6 Å². The summed E-state index contributed by atoms with van der Waals surface area (Å²) in [6.07, 6.45) is 2.59. The molecule has 5 aromatic rings. The minimum atomic E-state index is -0.119. The molecule has 5 aromatic carbocycles. The number of amides is 2. The van der Waals surface area contributed by atoms with Gasteiger partial charge in [-0.15, -0.1) is 11.6 Å². The summed E-state index contributed by atoms with van der Waals surface area (Å²) in [6, 6.07) is 29.4. The minimum absolute atomic E-state index is 0.0390. The third-order valence-electron chi connectivity index (χ3n) is 9.91. The number of benzene rings is 5. The molecular formula is C40H35ClN4O4. The predicted octanol–water partition coefficient (Wildman–Crippen LogP) is 7.73. The van der Waals surface area contributed by atoms with Gasteiger partial charge in [-0.05, 0) is 58.3 Å². The third-order valence-corrected chi connectivity index (χ3v) is 10.3. The lowest BCUT2D eigenvalue weighted by Crippen LogP contribution is -2.44. The summed E-state index contributed by atoms with van der Waals surface area (Å²) in [4.78, 5) is 36.1. The number of carbonyl (C=O) groups excluding carboxylic acids is 2. The number of hydrogen-bond donors (Lipinski definition) is 1. The fourth-order valence-electron chi connectivity index (χ4n) is 7.35. The minimum Gasteiger partial charge on any atom is -0.493 e. The highest BCUT2D eigenvalue weighted by atomic mass is 35.5. The van der Waals surface area contributed by atoms with Crippen molar-refractivity contribution in [3.8, 4) is 11.5 Å². The van der Waals surface area contributed by atoms with Crippen LogP contribution < -0.4 is 19.7 Å². The van der Waals surface area contributed by atoms with Crippen molar-refractivity contribution in [2.45, 2.75) is 31.5 Å². The molecule has 8 rings (SSSR count). The molecule has 9 heteroatoms. The molecule has 0 aliphatic carbocycles. The van der Waals surface area contributed by atoms with Gasteiger partial charge in [-0.3, -0.25) is 14.6 Å². The number of rotatable bonds is 7. The molecule has 3 heterocycles. The van der Waals surface area contributed by atoms with Gasteiger partial charge in [0.2, 0.25) is 0 Å². The van der Waals surface area contributed by atoms with E-state index in [1.54, 1.807) is 19.2 Å². The first kappa shape index (κ1) is 31.0. The average Bonchev–Trinajstić information content (AvgIpc) is 3.47. The van der Waals surface area contributed by atoms with Crippen molar-refractivity contribution in [2.75, 3.05) is 36.8 Å². The lowest BCUT2D eigenvalue weighted by atomic mass is 9.94. The molecule has 1 N–H and O–H groups in total. The van der Waals surface area contributed by atoms with Crippen molar-refractivity contribution in [1.29, 1.82) is 0 Å². The van der Waals surface area contributed by atoms with Gasteiger partial charge in [0, 0.05) is 60.9 Å². The summed E-state index contributed by atoms with van der Waals surface area (Å²) in [7, 11) is 3.46. The molecule has 3 aliphatic heterocycles. The highest BCUT2D eigenvalue weighted by Crippen LogP contribution is 2.45. The summed E-state index contributed by atoms with van der Waals surface area (Å²) < 4.78 is 11.9. The van der Waals surface area contributed by atoms with Gasteiger partial charge in [-0.2, -0.15) is 0 Å². The van der Waals surface area contributed by atoms with E-state index >= 15 is 0 Å². The van der Waals surface area contributed by atoms with Gasteiger partial charge in [0.1, 0.15) is 6.61 Å². The molecule has 0 spiro atoms. The van der Waals surface area contributed by atoms with Gasteiger partial charge in [-0.25, -0.2) is 0 Å². The van der Waals surface area contributed by atoms with Crippen LogP contribution in [-0.2, 0) is 19.6 Å². The van der Waals surface area contributed by atoms with Crippen molar-refractivity contribution < 1.29 is 19.1 Å². The first-order valence-corrected chi connectivity index (χ1v) is 17.0. The number of nitrogens with zero attached hydrogens (tertiary/aromatic N) is 3. The zero-order chi connectivity index (χ0) is 33.6. The fourth-order valence-corrected chi connectivity index (χ4v) is 7.61. The van der Waals surface area contributed by atoms with Crippen LogP contribution in [0.15, 0.2) is 96.0 Å². The normalized spacial score (nSPS) is 17.6. The molecule has 8 nitrogen and oxygen atoms in total. The Morgan fingerprint density at radius 2 is 1.71 bits per heavy atom. The van der Waals surface area contributed by atoms with Crippen molar-refractivity contribution in [3.63, 3.8) is 0 Å². The predicted molar refractivity (Wildman–Crippen MR) is 194 cm³/mol. The Morgan fingerprint density at radius 3 is 2.47 bits per heavy atom. The van der Waals surface area contributed by atoms with E-state index in [0.717, 1.165) is 45.3 Å². The van der Waals surface area contributed by atoms with Crippen LogP contribution in [-0.4, -0.2) is 55.6 Å². The van der Waals surface area contributed by atoms with Crippen LogP contribution in [0.1, 0.15) is 48.9 Å². The van der Waals surface area contributed by atoms with Crippen molar-refractivity contribution in [2.24, 2.45) is 4.99 Å². The smallest absolute Gasteiger partial charge is 0.258 e. The molecular weight excluding hydrogens is 636 g/mol. The standard InChI is InChI=1S/C40H35ClN4O4/c1-42-33-17-35-38(31-10-6-5-9-30(31)33)28(19-41)22-45(35)39(46)25-13-11-24(12-14-25)23-49-37-18-34-32(16-36(37)48-2)40(47)44-21-27-8-4-3-7-26(27)15-29(44)20-43-34/h3-14,16-18,20,28-29,42H,15,19,21-23H2,1-2H3/t28-,29+/m1/s1. The molecule has 0 saturated carbocycles. The van der Waals surface area contributed by atoms with Crippen LogP contribution in [0.3, 0.4) is 0 Å². The quantitative estimate of drug-likeness (QED) is 0.179. The molecule has 246 valence electrons. The molecule has 2 atom stereocenters. The maximum Gasteiger partial charge on any atom is 0.258 e. The first-order chi connectivity index (χ1) is 24.0. The summed E-state index contributed by atoms with van der Waals surface area (Å²) in [5, 5.41) is 5.52. The average molecular weight is 671 g/mol. The number of carbonyl (C=O) groups is 2. The van der Waals surface area contributed by atoms with E-state index in [9.17, 15) is 9.59 Å². The number of methoxy groups -OCH3 is 1. The van der Waals surface area contributed by atoms with Gasteiger partial charge in [0.15, 0.2) is 11.5 Å². The van der Waals surface area contributed by atoms with Gasteiger partial charge in [0.05, 0.1) is 30.1 Å². The second-order valence-electron chi connectivity index (χ2n) is 12.7. The number of aliphatic imine (C=N–C) groups is 1. The number of halogens is 1. The molecule has 0 bridgehead atoms. The number of ether oxygens (including phenoxy) is 2. The largest absolute Gasteiger partial charge is 0.493 e. The van der Waals surface area contributed by atoms with Crippen molar-refractivity contribution >= 4 is 57.5 Å². The Balaban J connectivity index is 1.01. The van der Waals surface area contributed by atoms with Gasteiger partial charge >= 0.3 is 0 Å². The highest BCUT2D eigenvalue weighted by Gasteiger charge is 2.35. The summed E-state index contributed by atoms with van der Waals surface area (Å²) in [5.41, 5.74) is 7.88. The molecule has 0 radical (unpaired) electrons. The fraction of sp³-hybridized carbons (Fsp3) is 0.225. The number of fused-ring (bicyclic) bond motifs is 6. The van der Waals surface area contributed by atoms with Crippen LogP contribution >= 0.6 is 11.6 Å². The number of alkyl halides is 1. The molecule has 49 heavy (non-hydrogen) atoms. The SMILES string of the molecule is CNc1cc2c(c3ccccc13)[C@H](CCl)CN2C(=O)c1ccc(COc2cc3c(cc2OC)C(=O)N2Cc4ccccc4C[C@H]2C=N3)cc1. The Kier molecular flexibility index (Phi) is 7.96. The van der Waals surface area contributed by atoms with Gasteiger partial charge in [0.25, 0.3) is 11.8 Å². The van der Waals surface area contributed by atoms with Crippen LogP contribution in [0.2, 0.25) is 0 Å². The zero-order valence-electron chi connectivity index (χ0n) is 27.3. The van der Waals surface area contributed by atoms with E-state index in [0.29, 0.717) is 47.3 Å². The summed E-state index contributed by atoms with van der Waals surface area (Å²) >= 11 is 6.45. The first-order valence-electron chi connectivity index (χ1n) is 16.4. The molecule has 3 aliphatic rings. The number of anilines is 2. The van der Waals surface area contributed by atoms with Crippen LogP contribution in [0, 0.1) is 0 Å². The van der Waals surface area contributed by atoms with E-state index in [1.807, 2.05) is 71.6 Å². The molecule has 0 aromatic heterocycles. The summed E-state index contributed by atoms with van der Waals surface area (Å²) in [5.74, 6) is 1.26. The topological polar surface area (TPSA) is 83.5 Å². The van der Waals surface area contributed by atoms with Crippen LogP contribution in [0.5, 0.6) is 11.5 Å². The summed E-state index contributed by atoms with van der Waals surface area (Å²) in [6.45, 7) is 1.30. The van der Waals surface area contributed by atoms with Crippen molar-refractivity contribution in [1.82, 2.24) is 4.90 Å². The monoisotopic (exact) mass is 670 g/mol. The van der Waals surface area contributed by atoms with E-state index in [4.69, 9.17) is 26.1 Å². The maximum atomic E-state index is 13.9. The second-order valence-corrected chi connectivity index (χ2v) is 13.0. The zero-order valence-corrected chi connectivity index (χ0v) is 28.0. The number of hydrogen-bond acceptors (Lipinski definition) is 6. The Morgan fingerprint density at radius 1 is 0.959 bits per heavy atom. The Bertz CT molecular complexity index is 2150. The highest BCUT2D eigenvalue weighted by molar-refractivity contribution is 6.19. The number of nitrogens with one attached hydrogen (secondary N) is 1. The van der Waals surface area contributed by atoms with Crippen LogP contribution in [0.25, 0.3) is 10.8 Å². The Hall–Kier alpha value is -5.34. The van der Waals surface area contributed by atoms with E-state index in [-0.39, 0.29) is 30.4 Å². The molecule has 0 saturated heterocycles. The maximum absolute atomic E-state index is 13.9. The molecule has 2 amide bonds. The van der Waals surface area contributed by atoms with Crippen LogP contribution in [0.4, 0.5) is 17.1 Å². The van der Waals surface area contributed by atoms with Gasteiger partial charge in [-0.1, -0.05) is 60.7 Å². The Labute approximate surface area is 289 Å². The lowest BCUT2D eigenvalue weighted by molar-refractivity contribution is 0.0703.